The quantitative estimate of drug-likeness (QED) is 0.728. The minimum Gasteiger partial charge on any atom is -0.462 e. The summed E-state index contributed by atoms with van der Waals surface area (Å²) in [6, 6.07) is 3.43. The first-order chi connectivity index (χ1) is 13.6. The van der Waals surface area contributed by atoms with Crippen LogP contribution in [-0.4, -0.2) is 34.4 Å². The lowest BCUT2D eigenvalue weighted by atomic mass is 9.76. The van der Waals surface area contributed by atoms with Crippen LogP contribution in [0.5, 0.6) is 0 Å². The van der Waals surface area contributed by atoms with E-state index in [-0.39, 0.29) is 11.4 Å². The van der Waals surface area contributed by atoms with Crippen LogP contribution in [0.15, 0.2) is 35.6 Å². The topological polar surface area (TPSA) is 102 Å². The van der Waals surface area contributed by atoms with Gasteiger partial charge in [-0.2, -0.15) is 4.39 Å². The van der Waals surface area contributed by atoms with Crippen LogP contribution in [0.1, 0.15) is 29.9 Å². The number of carbonyl (C=O) groups is 1. The highest BCUT2D eigenvalue weighted by Gasteiger charge is 2.54. The molecule has 1 aliphatic heterocycles. The Bertz CT molecular complexity index is 957. The summed E-state index contributed by atoms with van der Waals surface area (Å²) in [5.74, 6) is -2.73. The van der Waals surface area contributed by atoms with Gasteiger partial charge in [0.2, 0.25) is 5.95 Å². The first-order valence-electron chi connectivity index (χ1n) is 8.54. The van der Waals surface area contributed by atoms with E-state index in [9.17, 15) is 18.0 Å². The minimum absolute atomic E-state index is 0.0108. The van der Waals surface area contributed by atoms with Gasteiger partial charge in [-0.05, 0) is 25.1 Å². The number of nitrogens with zero attached hydrogens (tertiary/aromatic N) is 3. The number of ether oxygens (including phenoxy) is 1. The average Bonchev–Trinajstić information content (AvgIpc) is 2.66. The van der Waals surface area contributed by atoms with Crippen molar-refractivity contribution in [2.45, 2.75) is 31.9 Å². The highest BCUT2D eigenvalue weighted by Crippen LogP contribution is 2.45. The molecule has 2 aromatic heterocycles. The molecular weight excluding hydrogens is 411 g/mol. The molecule has 3 heterocycles. The van der Waals surface area contributed by atoms with Gasteiger partial charge >= 0.3 is 0 Å². The Labute approximate surface area is 169 Å². The highest BCUT2D eigenvalue weighted by molar-refractivity contribution is 6.30. The summed E-state index contributed by atoms with van der Waals surface area (Å²) in [6.45, 7) is 2.99. The van der Waals surface area contributed by atoms with E-state index in [4.69, 9.17) is 22.1 Å². The van der Waals surface area contributed by atoms with Crippen LogP contribution in [0.3, 0.4) is 0 Å². The summed E-state index contributed by atoms with van der Waals surface area (Å²) < 4.78 is 48.2. The van der Waals surface area contributed by atoms with Crippen molar-refractivity contribution in [1.82, 2.24) is 9.97 Å². The molecule has 3 atom stereocenters. The predicted octanol–water partition coefficient (Wildman–Crippen LogP) is 3.35. The molecule has 0 aromatic carbocycles. The molecule has 1 aliphatic rings. The van der Waals surface area contributed by atoms with Gasteiger partial charge in [-0.3, -0.25) is 4.79 Å². The molecule has 0 saturated heterocycles. The van der Waals surface area contributed by atoms with Gasteiger partial charge in [0.05, 0.1) is 16.9 Å². The van der Waals surface area contributed by atoms with Crippen molar-refractivity contribution >= 4 is 29.2 Å². The second-order valence-electron chi connectivity index (χ2n) is 6.57. The normalized spacial score (nSPS) is 24.0. The van der Waals surface area contributed by atoms with E-state index in [2.05, 4.69) is 20.3 Å². The van der Waals surface area contributed by atoms with E-state index in [0.717, 1.165) is 12.3 Å². The van der Waals surface area contributed by atoms with Crippen LogP contribution in [0.4, 0.5) is 18.9 Å². The van der Waals surface area contributed by atoms with Gasteiger partial charge in [0.15, 0.2) is 5.54 Å². The number of halogens is 4. The molecule has 154 valence electrons. The number of hydrogen-bond donors (Lipinski definition) is 2. The highest BCUT2D eigenvalue weighted by atomic mass is 35.5. The molecule has 11 heteroatoms. The maximum absolute atomic E-state index is 14.6. The van der Waals surface area contributed by atoms with E-state index < -0.39 is 47.4 Å². The van der Waals surface area contributed by atoms with Crippen LogP contribution >= 0.6 is 11.6 Å². The number of aromatic nitrogens is 2. The smallest absolute Gasteiger partial charge is 0.283 e. The standard InChI is InChI=1S/C18H17ClF3N5O2/c1-8-9(2)29-17(23)27-18(8,16(21)22)12-5-11(7-25-14(12)20)26-15(28)13-4-3-10(19)6-24-13/h3-9,16H,1-2H3,(H2,23,27)(H,26,28)/t8-,9?,18-/m1/s1. The number of carbonyl (C=O) groups excluding carboxylic acids is 1. The molecule has 29 heavy (non-hydrogen) atoms. The molecule has 0 saturated carbocycles. The summed E-state index contributed by atoms with van der Waals surface area (Å²) in [5.41, 5.74) is 2.75. The Kier molecular flexibility index (Phi) is 5.65. The van der Waals surface area contributed by atoms with Crippen molar-refractivity contribution in [3.05, 3.63) is 52.8 Å². The van der Waals surface area contributed by atoms with Crippen molar-refractivity contribution in [1.29, 1.82) is 0 Å². The summed E-state index contributed by atoms with van der Waals surface area (Å²) in [5, 5.41) is 2.79. The fraction of sp³-hybridized carbons (Fsp3) is 0.333. The number of alkyl halides is 2. The summed E-state index contributed by atoms with van der Waals surface area (Å²) in [7, 11) is 0. The Morgan fingerprint density at radius 2 is 2.03 bits per heavy atom. The molecule has 2 aromatic rings. The van der Waals surface area contributed by atoms with Crippen molar-refractivity contribution in [3.8, 4) is 0 Å². The summed E-state index contributed by atoms with van der Waals surface area (Å²) in [4.78, 5) is 23.5. The van der Waals surface area contributed by atoms with Crippen molar-refractivity contribution in [2.24, 2.45) is 16.6 Å². The van der Waals surface area contributed by atoms with Crippen molar-refractivity contribution < 1.29 is 22.7 Å². The first kappa shape index (κ1) is 20.8. The molecule has 0 fully saturated rings. The van der Waals surface area contributed by atoms with E-state index in [0.29, 0.717) is 5.02 Å². The Morgan fingerprint density at radius 3 is 2.66 bits per heavy atom. The van der Waals surface area contributed by atoms with E-state index in [1.807, 2.05) is 0 Å². The number of nitrogens with one attached hydrogen (secondary N) is 1. The zero-order valence-electron chi connectivity index (χ0n) is 15.4. The van der Waals surface area contributed by atoms with Gasteiger partial charge in [-0.25, -0.2) is 23.7 Å². The van der Waals surface area contributed by atoms with Gasteiger partial charge in [0.1, 0.15) is 11.8 Å². The molecule has 0 aliphatic carbocycles. The molecular formula is C18H17ClF3N5O2. The Hall–Kier alpha value is -2.88. The van der Waals surface area contributed by atoms with Crippen LogP contribution in [-0.2, 0) is 10.3 Å². The number of amidine groups is 1. The van der Waals surface area contributed by atoms with Gasteiger partial charge in [0, 0.05) is 17.7 Å². The van der Waals surface area contributed by atoms with Crippen LogP contribution in [0.2, 0.25) is 5.02 Å². The fourth-order valence-electron chi connectivity index (χ4n) is 3.13. The zero-order valence-corrected chi connectivity index (χ0v) is 16.1. The average molecular weight is 428 g/mol. The second-order valence-corrected chi connectivity index (χ2v) is 7.00. The maximum Gasteiger partial charge on any atom is 0.283 e. The molecule has 1 unspecified atom stereocenters. The largest absolute Gasteiger partial charge is 0.462 e. The van der Waals surface area contributed by atoms with E-state index in [1.165, 1.54) is 32.2 Å². The van der Waals surface area contributed by atoms with Crippen LogP contribution in [0.25, 0.3) is 0 Å². The molecule has 7 nitrogen and oxygen atoms in total. The van der Waals surface area contributed by atoms with Gasteiger partial charge < -0.3 is 15.8 Å². The maximum atomic E-state index is 14.6. The number of amides is 1. The van der Waals surface area contributed by atoms with Crippen molar-refractivity contribution in [2.75, 3.05) is 5.32 Å². The predicted molar refractivity (Wildman–Crippen MR) is 100 cm³/mol. The first-order valence-corrected chi connectivity index (χ1v) is 8.92. The Morgan fingerprint density at radius 1 is 1.31 bits per heavy atom. The number of anilines is 1. The number of aliphatic imine (C=N–C) groups is 1. The van der Waals surface area contributed by atoms with Gasteiger partial charge in [-0.15, -0.1) is 0 Å². The van der Waals surface area contributed by atoms with E-state index in [1.54, 1.807) is 0 Å². The zero-order chi connectivity index (χ0) is 21.3. The fourth-order valence-corrected chi connectivity index (χ4v) is 3.25. The third-order valence-electron chi connectivity index (χ3n) is 4.82. The number of hydrogen-bond acceptors (Lipinski definition) is 6. The minimum atomic E-state index is -3.11. The lowest BCUT2D eigenvalue weighted by molar-refractivity contribution is -0.0367. The van der Waals surface area contributed by atoms with Crippen molar-refractivity contribution in [3.63, 3.8) is 0 Å². The monoisotopic (exact) mass is 427 g/mol. The van der Waals surface area contributed by atoms with Crippen LogP contribution in [0, 0.1) is 11.9 Å². The lowest BCUT2D eigenvalue weighted by Crippen LogP contribution is -2.51. The third-order valence-corrected chi connectivity index (χ3v) is 5.04. The van der Waals surface area contributed by atoms with Crippen LogP contribution < -0.4 is 11.1 Å². The third kappa shape index (κ3) is 3.84. The van der Waals surface area contributed by atoms with Gasteiger partial charge in [0.25, 0.3) is 18.4 Å². The molecule has 0 spiro atoms. The molecule has 0 radical (unpaired) electrons. The summed E-state index contributed by atoms with van der Waals surface area (Å²) in [6.07, 6.45) is -1.58. The van der Waals surface area contributed by atoms with Gasteiger partial charge in [-0.1, -0.05) is 18.5 Å². The number of rotatable bonds is 4. The number of nitrogens with two attached hydrogens (primary N) is 1. The Balaban J connectivity index is 2.02. The summed E-state index contributed by atoms with van der Waals surface area (Å²) >= 11 is 5.73. The molecule has 0 bridgehead atoms. The lowest BCUT2D eigenvalue weighted by Gasteiger charge is -2.41. The molecule has 3 N–H and O–H groups in total. The molecule has 3 rings (SSSR count). The van der Waals surface area contributed by atoms with E-state index >= 15 is 0 Å². The second kappa shape index (κ2) is 7.86. The SMILES string of the molecule is CC1OC(N)=N[C@](c2cc(NC(=O)c3ccc(Cl)cn3)cnc2F)(C(F)F)[C@@H]1C. The molecule has 1 amide bonds. The number of pyridine rings is 2.